The lowest BCUT2D eigenvalue weighted by atomic mass is 10.1. The van der Waals surface area contributed by atoms with Gasteiger partial charge < -0.3 is 5.32 Å². The van der Waals surface area contributed by atoms with Gasteiger partial charge in [0.15, 0.2) is 0 Å². The topological polar surface area (TPSA) is 59.6 Å². The van der Waals surface area contributed by atoms with Crippen molar-refractivity contribution in [1.82, 2.24) is 0 Å². The van der Waals surface area contributed by atoms with E-state index in [4.69, 9.17) is 10.5 Å². The number of hydrogen-bond donors (Lipinski definition) is 1. The second kappa shape index (κ2) is 5.42. The fourth-order valence-corrected chi connectivity index (χ4v) is 1.44. The molecule has 0 spiro atoms. The third-order valence-electron chi connectivity index (χ3n) is 2.26. The Balaban J connectivity index is 3.06. The molecule has 1 N–H and O–H groups in total. The number of hydrogen-bond acceptors (Lipinski definition) is 3. The molecule has 18 heavy (non-hydrogen) atoms. The molecule has 0 saturated carbocycles. The van der Waals surface area contributed by atoms with E-state index in [9.17, 15) is 13.2 Å². The van der Waals surface area contributed by atoms with Crippen LogP contribution in [0.4, 0.5) is 18.9 Å². The molecule has 1 aromatic carbocycles. The third kappa shape index (κ3) is 3.39. The normalized spacial score (nSPS) is 12.3. The van der Waals surface area contributed by atoms with E-state index in [-0.39, 0.29) is 18.2 Å². The number of nitriles is 2. The molecule has 94 valence electrons. The molecular formula is C12H10F3N3. The number of alkyl halides is 3. The van der Waals surface area contributed by atoms with E-state index >= 15 is 0 Å². The molecule has 0 bridgehead atoms. The minimum absolute atomic E-state index is 0.182. The van der Waals surface area contributed by atoms with Gasteiger partial charge in [-0.25, -0.2) is 0 Å². The number of nitrogens with zero attached hydrogens (tertiary/aromatic N) is 2. The summed E-state index contributed by atoms with van der Waals surface area (Å²) in [5.41, 5.74) is -1.15. The van der Waals surface area contributed by atoms with E-state index in [1.54, 1.807) is 6.92 Å². The highest BCUT2D eigenvalue weighted by atomic mass is 19.4. The van der Waals surface area contributed by atoms with Crippen molar-refractivity contribution in [1.29, 1.82) is 10.5 Å². The first-order valence-corrected chi connectivity index (χ1v) is 5.13. The molecule has 0 aliphatic rings. The molecule has 0 saturated heterocycles. The summed E-state index contributed by atoms with van der Waals surface area (Å²) >= 11 is 0. The van der Waals surface area contributed by atoms with Crippen LogP contribution in [0.2, 0.25) is 0 Å². The second-order valence-corrected chi connectivity index (χ2v) is 3.78. The summed E-state index contributed by atoms with van der Waals surface area (Å²) in [5, 5.41) is 19.9. The Labute approximate surface area is 102 Å². The minimum Gasteiger partial charge on any atom is -0.382 e. The van der Waals surface area contributed by atoms with Crippen LogP contribution in [-0.2, 0) is 6.18 Å². The third-order valence-corrected chi connectivity index (χ3v) is 2.26. The molecule has 0 aliphatic heterocycles. The summed E-state index contributed by atoms with van der Waals surface area (Å²) in [7, 11) is 0. The smallest absolute Gasteiger partial charge is 0.382 e. The Morgan fingerprint density at radius 1 is 1.33 bits per heavy atom. The molecule has 1 atom stereocenters. The maximum Gasteiger partial charge on any atom is 0.417 e. The molecular weight excluding hydrogens is 243 g/mol. The number of rotatable bonds is 3. The second-order valence-electron chi connectivity index (χ2n) is 3.78. The maximum absolute atomic E-state index is 12.7. The van der Waals surface area contributed by atoms with Gasteiger partial charge in [0, 0.05) is 11.7 Å². The van der Waals surface area contributed by atoms with E-state index in [0.29, 0.717) is 0 Å². The van der Waals surface area contributed by atoms with Crippen LogP contribution < -0.4 is 5.32 Å². The summed E-state index contributed by atoms with van der Waals surface area (Å²) in [6.07, 6.45) is -4.39. The van der Waals surface area contributed by atoms with Gasteiger partial charge in [-0.1, -0.05) is 0 Å². The van der Waals surface area contributed by atoms with Crippen molar-refractivity contribution in [3.05, 3.63) is 29.3 Å². The molecule has 3 nitrogen and oxygen atoms in total. The molecule has 0 fully saturated rings. The largest absolute Gasteiger partial charge is 0.417 e. The number of halogens is 3. The monoisotopic (exact) mass is 253 g/mol. The van der Waals surface area contributed by atoms with Crippen molar-refractivity contribution in [2.24, 2.45) is 0 Å². The number of benzene rings is 1. The van der Waals surface area contributed by atoms with Crippen LogP contribution in [0.15, 0.2) is 18.2 Å². The van der Waals surface area contributed by atoms with Crippen LogP contribution in [0.25, 0.3) is 0 Å². The van der Waals surface area contributed by atoms with Gasteiger partial charge >= 0.3 is 6.18 Å². The zero-order chi connectivity index (χ0) is 13.8. The van der Waals surface area contributed by atoms with Gasteiger partial charge in [0.25, 0.3) is 0 Å². The molecule has 6 heteroatoms. The van der Waals surface area contributed by atoms with Gasteiger partial charge in [-0.2, -0.15) is 23.7 Å². The summed E-state index contributed by atoms with van der Waals surface area (Å²) in [5.74, 6) is 0. The fourth-order valence-electron chi connectivity index (χ4n) is 1.44. The highest BCUT2D eigenvalue weighted by Crippen LogP contribution is 2.33. The average molecular weight is 253 g/mol. The fraction of sp³-hybridized carbons (Fsp3) is 0.333. The van der Waals surface area contributed by atoms with Crippen LogP contribution in [0.3, 0.4) is 0 Å². The quantitative estimate of drug-likeness (QED) is 0.899. The summed E-state index contributed by atoms with van der Waals surface area (Å²) in [6.45, 7) is 1.69. The lowest BCUT2D eigenvalue weighted by Gasteiger charge is -2.15. The van der Waals surface area contributed by atoms with Gasteiger partial charge in [0.1, 0.15) is 0 Å². The molecule has 0 heterocycles. The molecule has 0 radical (unpaired) electrons. The summed E-state index contributed by atoms with van der Waals surface area (Å²) in [4.78, 5) is 0. The van der Waals surface area contributed by atoms with Gasteiger partial charge in [0.05, 0.1) is 29.7 Å². The van der Waals surface area contributed by atoms with E-state index in [1.165, 1.54) is 12.1 Å². The lowest BCUT2D eigenvalue weighted by Crippen LogP contribution is -2.15. The van der Waals surface area contributed by atoms with Crippen molar-refractivity contribution >= 4 is 5.69 Å². The lowest BCUT2D eigenvalue weighted by molar-refractivity contribution is -0.137. The number of anilines is 1. The van der Waals surface area contributed by atoms with Gasteiger partial charge in [-0.15, -0.1) is 0 Å². The van der Waals surface area contributed by atoms with Crippen molar-refractivity contribution in [3.63, 3.8) is 0 Å². The Morgan fingerprint density at radius 3 is 2.50 bits per heavy atom. The van der Waals surface area contributed by atoms with Crippen molar-refractivity contribution < 1.29 is 13.2 Å². The SMILES string of the molecule is CC(CC#N)Nc1ccc(C#N)c(C(F)(F)F)c1. The molecule has 0 aromatic heterocycles. The van der Waals surface area contributed by atoms with Crippen molar-refractivity contribution in [3.8, 4) is 12.1 Å². The molecule has 1 aromatic rings. The highest BCUT2D eigenvalue weighted by molar-refractivity contribution is 5.53. The van der Waals surface area contributed by atoms with Crippen LogP contribution in [0.5, 0.6) is 0 Å². The highest BCUT2D eigenvalue weighted by Gasteiger charge is 2.33. The van der Waals surface area contributed by atoms with Crippen LogP contribution in [0, 0.1) is 22.7 Å². The van der Waals surface area contributed by atoms with Crippen molar-refractivity contribution in [2.45, 2.75) is 25.6 Å². The van der Waals surface area contributed by atoms with Crippen LogP contribution in [0.1, 0.15) is 24.5 Å². The average Bonchev–Trinajstić information content (AvgIpc) is 2.28. The maximum atomic E-state index is 12.7. The first-order valence-electron chi connectivity index (χ1n) is 5.13. The van der Waals surface area contributed by atoms with Gasteiger partial charge in [0.2, 0.25) is 0 Å². The molecule has 1 rings (SSSR count). The standard InChI is InChI=1S/C12H10F3N3/c1-8(4-5-16)18-10-3-2-9(7-17)11(6-10)12(13,14)15/h2-3,6,8,18H,4H2,1H3. The first kappa shape index (κ1) is 13.9. The predicted octanol–water partition coefficient (Wildman–Crippen LogP) is 3.29. The Bertz CT molecular complexity index is 509. The Morgan fingerprint density at radius 2 is 2.00 bits per heavy atom. The van der Waals surface area contributed by atoms with E-state index in [0.717, 1.165) is 12.1 Å². The zero-order valence-corrected chi connectivity index (χ0v) is 9.54. The first-order chi connectivity index (χ1) is 8.38. The molecule has 0 amide bonds. The Kier molecular flexibility index (Phi) is 4.17. The van der Waals surface area contributed by atoms with Gasteiger partial charge in [-0.05, 0) is 25.1 Å². The molecule has 0 aliphatic carbocycles. The van der Waals surface area contributed by atoms with Crippen LogP contribution >= 0.6 is 0 Å². The zero-order valence-electron chi connectivity index (χ0n) is 9.54. The Hall–Kier alpha value is -2.21. The van der Waals surface area contributed by atoms with E-state index in [2.05, 4.69) is 5.32 Å². The summed E-state index contributed by atoms with van der Waals surface area (Å²) < 4.78 is 38.0. The van der Waals surface area contributed by atoms with Crippen molar-refractivity contribution in [2.75, 3.05) is 5.32 Å². The minimum atomic E-state index is -4.57. The van der Waals surface area contributed by atoms with E-state index < -0.39 is 17.3 Å². The number of nitrogens with one attached hydrogen (secondary N) is 1. The summed E-state index contributed by atoms with van der Waals surface area (Å²) in [6, 6.07) is 6.55. The van der Waals surface area contributed by atoms with Gasteiger partial charge in [-0.3, -0.25) is 0 Å². The predicted molar refractivity (Wildman–Crippen MR) is 59.5 cm³/mol. The molecule has 1 unspecified atom stereocenters. The van der Waals surface area contributed by atoms with Crippen LogP contribution in [-0.4, -0.2) is 6.04 Å². The van der Waals surface area contributed by atoms with E-state index in [1.807, 2.05) is 6.07 Å².